The number of pyridine rings is 1. The molecule has 0 fully saturated rings. The first-order valence-corrected chi connectivity index (χ1v) is 7.43. The van der Waals surface area contributed by atoms with Crippen molar-refractivity contribution in [1.82, 2.24) is 4.98 Å². The van der Waals surface area contributed by atoms with Crippen molar-refractivity contribution in [3.8, 4) is 11.5 Å². The second kappa shape index (κ2) is 5.97. The van der Waals surface area contributed by atoms with Gasteiger partial charge in [0.15, 0.2) is 11.5 Å². The summed E-state index contributed by atoms with van der Waals surface area (Å²) in [7, 11) is 0. The van der Waals surface area contributed by atoms with Gasteiger partial charge in [-0.05, 0) is 42.0 Å². The summed E-state index contributed by atoms with van der Waals surface area (Å²) in [5.41, 5.74) is 2.43. The third-order valence-corrected chi connectivity index (χ3v) is 3.94. The van der Waals surface area contributed by atoms with E-state index < -0.39 is 0 Å². The Balaban J connectivity index is 1.48. The van der Waals surface area contributed by atoms with E-state index in [4.69, 9.17) is 9.47 Å². The number of thioether (sulfide) groups is 1. The number of ether oxygens (including phenoxy) is 2. The highest BCUT2D eigenvalue weighted by Gasteiger charge is 2.12. The van der Waals surface area contributed by atoms with Gasteiger partial charge in [-0.2, -0.15) is 11.8 Å². The number of fused-ring (bicyclic) bond motifs is 1. The molecule has 1 aliphatic heterocycles. The number of aryl methyl sites for hydroxylation is 1. The van der Waals surface area contributed by atoms with E-state index in [0.29, 0.717) is 6.79 Å². The van der Waals surface area contributed by atoms with Crippen LogP contribution in [0.1, 0.15) is 11.3 Å². The van der Waals surface area contributed by atoms with E-state index in [0.717, 1.165) is 35.1 Å². The maximum atomic E-state index is 5.38. The summed E-state index contributed by atoms with van der Waals surface area (Å²) in [6.07, 6.45) is 2.88. The Morgan fingerprint density at radius 2 is 2.05 bits per heavy atom. The van der Waals surface area contributed by atoms with Crippen LogP contribution in [0.3, 0.4) is 0 Å². The van der Waals surface area contributed by atoms with Gasteiger partial charge in [-0.1, -0.05) is 12.1 Å². The zero-order chi connectivity index (χ0) is 12.9. The van der Waals surface area contributed by atoms with Gasteiger partial charge >= 0.3 is 0 Å². The minimum atomic E-state index is 0.340. The lowest BCUT2D eigenvalue weighted by atomic mass is 10.1. The van der Waals surface area contributed by atoms with Crippen molar-refractivity contribution in [3.63, 3.8) is 0 Å². The zero-order valence-electron chi connectivity index (χ0n) is 10.5. The van der Waals surface area contributed by atoms with E-state index in [-0.39, 0.29) is 0 Å². The molecule has 2 aromatic rings. The number of rotatable bonds is 5. The third-order valence-electron chi connectivity index (χ3n) is 2.95. The summed E-state index contributed by atoms with van der Waals surface area (Å²) in [5.74, 6) is 3.76. The molecule has 1 aromatic carbocycles. The maximum Gasteiger partial charge on any atom is 0.231 e. The van der Waals surface area contributed by atoms with Crippen LogP contribution in [-0.2, 0) is 12.2 Å². The molecule has 0 N–H and O–H groups in total. The number of nitrogens with zero attached hydrogens (tertiary/aromatic N) is 1. The molecule has 0 spiro atoms. The summed E-state index contributed by atoms with van der Waals surface area (Å²) >= 11 is 1.90. The molecular weight excluding hydrogens is 258 g/mol. The van der Waals surface area contributed by atoms with E-state index in [1.807, 2.05) is 36.2 Å². The first-order chi connectivity index (χ1) is 9.42. The highest BCUT2D eigenvalue weighted by atomic mass is 32.2. The van der Waals surface area contributed by atoms with Gasteiger partial charge in [0.2, 0.25) is 6.79 Å². The predicted molar refractivity (Wildman–Crippen MR) is 76.7 cm³/mol. The third kappa shape index (κ3) is 3.20. The smallest absolute Gasteiger partial charge is 0.231 e. The molecule has 0 saturated heterocycles. The zero-order valence-corrected chi connectivity index (χ0v) is 11.4. The van der Waals surface area contributed by atoms with Crippen LogP contribution in [0.2, 0.25) is 0 Å². The van der Waals surface area contributed by atoms with Crippen molar-refractivity contribution in [2.45, 2.75) is 12.2 Å². The summed E-state index contributed by atoms with van der Waals surface area (Å²) in [5, 5.41) is 0. The highest BCUT2D eigenvalue weighted by Crippen LogP contribution is 2.32. The SMILES string of the molecule is c1ccc(CSCCc2ccc3c(c2)OCO3)nc1. The highest BCUT2D eigenvalue weighted by molar-refractivity contribution is 7.98. The molecule has 98 valence electrons. The summed E-state index contributed by atoms with van der Waals surface area (Å²) in [4.78, 5) is 4.31. The van der Waals surface area contributed by atoms with Gasteiger partial charge in [0.1, 0.15) is 0 Å². The standard InChI is InChI=1S/C15H15NO2S/c1-2-7-16-13(3-1)10-19-8-6-12-4-5-14-15(9-12)18-11-17-14/h1-5,7,9H,6,8,10-11H2. The molecule has 0 aliphatic carbocycles. The summed E-state index contributed by atoms with van der Waals surface area (Å²) < 4.78 is 10.7. The summed E-state index contributed by atoms with van der Waals surface area (Å²) in [6.45, 7) is 0.340. The lowest BCUT2D eigenvalue weighted by molar-refractivity contribution is 0.174. The Morgan fingerprint density at radius 1 is 1.11 bits per heavy atom. The predicted octanol–water partition coefficient (Wildman–Crippen LogP) is 3.29. The molecule has 0 saturated carbocycles. The number of aromatic nitrogens is 1. The maximum absolute atomic E-state index is 5.38. The van der Waals surface area contributed by atoms with Crippen molar-refractivity contribution in [1.29, 1.82) is 0 Å². The van der Waals surface area contributed by atoms with Gasteiger partial charge in [-0.3, -0.25) is 4.98 Å². The molecule has 0 bridgehead atoms. The van der Waals surface area contributed by atoms with Gasteiger partial charge in [0.05, 0.1) is 5.69 Å². The molecule has 2 heterocycles. The van der Waals surface area contributed by atoms with Crippen molar-refractivity contribution >= 4 is 11.8 Å². The Morgan fingerprint density at radius 3 is 2.95 bits per heavy atom. The lowest BCUT2D eigenvalue weighted by Crippen LogP contribution is -1.93. The fourth-order valence-electron chi connectivity index (χ4n) is 1.95. The van der Waals surface area contributed by atoms with Crippen molar-refractivity contribution in [2.24, 2.45) is 0 Å². The first-order valence-electron chi connectivity index (χ1n) is 6.28. The second-order valence-corrected chi connectivity index (χ2v) is 5.42. The van der Waals surface area contributed by atoms with Crippen LogP contribution in [-0.4, -0.2) is 17.5 Å². The second-order valence-electron chi connectivity index (χ2n) is 4.31. The Labute approximate surface area is 117 Å². The van der Waals surface area contributed by atoms with Crippen LogP contribution in [0.15, 0.2) is 42.6 Å². The van der Waals surface area contributed by atoms with E-state index in [1.165, 1.54) is 5.56 Å². The molecule has 1 aromatic heterocycles. The topological polar surface area (TPSA) is 31.4 Å². The average molecular weight is 273 g/mol. The van der Waals surface area contributed by atoms with Crippen molar-refractivity contribution in [2.75, 3.05) is 12.5 Å². The molecule has 4 heteroatoms. The molecular formula is C15H15NO2S. The van der Waals surface area contributed by atoms with Gasteiger partial charge in [-0.25, -0.2) is 0 Å². The number of benzene rings is 1. The van der Waals surface area contributed by atoms with Gasteiger partial charge in [0.25, 0.3) is 0 Å². The van der Waals surface area contributed by atoms with Crippen LogP contribution >= 0.6 is 11.8 Å². The lowest BCUT2D eigenvalue weighted by Gasteiger charge is -2.03. The number of hydrogen-bond acceptors (Lipinski definition) is 4. The van der Waals surface area contributed by atoms with Crippen LogP contribution in [0.25, 0.3) is 0 Å². The summed E-state index contributed by atoms with van der Waals surface area (Å²) in [6, 6.07) is 12.2. The normalized spacial score (nSPS) is 12.6. The van der Waals surface area contributed by atoms with Crippen LogP contribution in [0, 0.1) is 0 Å². The quantitative estimate of drug-likeness (QED) is 0.782. The Bertz CT molecular complexity index is 545. The first kappa shape index (κ1) is 12.4. The minimum absolute atomic E-state index is 0.340. The van der Waals surface area contributed by atoms with E-state index >= 15 is 0 Å². The van der Waals surface area contributed by atoms with Crippen LogP contribution in [0.5, 0.6) is 11.5 Å². The molecule has 0 radical (unpaired) electrons. The van der Waals surface area contributed by atoms with E-state index in [9.17, 15) is 0 Å². The Kier molecular flexibility index (Phi) is 3.89. The molecule has 3 nitrogen and oxygen atoms in total. The minimum Gasteiger partial charge on any atom is -0.454 e. The molecule has 0 unspecified atom stereocenters. The van der Waals surface area contributed by atoms with Crippen molar-refractivity contribution in [3.05, 3.63) is 53.9 Å². The molecule has 0 atom stereocenters. The van der Waals surface area contributed by atoms with Gasteiger partial charge < -0.3 is 9.47 Å². The van der Waals surface area contributed by atoms with Gasteiger partial charge in [-0.15, -0.1) is 0 Å². The van der Waals surface area contributed by atoms with Gasteiger partial charge in [0, 0.05) is 11.9 Å². The van der Waals surface area contributed by atoms with Crippen LogP contribution < -0.4 is 9.47 Å². The number of hydrogen-bond donors (Lipinski definition) is 0. The van der Waals surface area contributed by atoms with Crippen molar-refractivity contribution < 1.29 is 9.47 Å². The molecule has 1 aliphatic rings. The largest absolute Gasteiger partial charge is 0.454 e. The molecule has 19 heavy (non-hydrogen) atoms. The van der Waals surface area contributed by atoms with Crippen LogP contribution in [0.4, 0.5) is 0 Å². The average Bonchev–Trinajstić information content (AvgIpc) is 2.92. The molecule has 0 amide bonds. The fraction of sp³-hybridized carbons (Fsp3) is 0.267. The molecule has 3 rings (SSSR count). The Hall–Kier alpha value is -1.68. The van der Waals surface area contributed by atoms with E-state index in [1.54, 1.807) is 0 Å². The van der Waals surface area contributed by atoms with E-state index in [2.05, 4.69) is 23.2 Å². The monoisotopic (exact) mass is 273 g/mol. The fourth-order valence-corrected chi connectivity index (χ4v) is 2.85.